The van der Waals surface area contributed by atoms with Gasteiger partial charge in [0.15, 0.2) is 5.13 Å². The molecule has 0 bridgehead atoms. The Balaban J connectivity index is 1.84. The first-order chi connectivity index (χ1) is 13.1. The highest BCUT2D eigenvalue weighted by atomic mass is 35.5. The molecule has 2 N–H and O–H groups in total. The van der Waals surface area contributed by atoms with E-state index >= 15 is 0 Å². The molecule has 0 aliphatic rings. The minimum absolute atomic E-state index is 0.0348. The Morgan fingerprint density at radius 3 is 2.36 bits per heavy atom. The van der Waals surface area contributed by atoms with Crippen LogP contribution < -0.4 is 5.32 Å². The maximum Gasteiger partial charge on any atom is 0.183 e. The molecule has 1 aromatic heterocycles. The third-order valence-corrected chi connectivity index (χ3v) is 5.99. The molecule has 0 amide bonds. The van der Waals surface area contributed by atoms with E-state index in [9.17, 15) is 5.11 Å². The predicted molar refractivity (Wildman–Crippen MR) is 121 cm³/mol. The molecule has 28 heavy (non-hydrogen) atoms. The Hall–Kier alpha value is -1.46. The Kier molecular flexibility index (Phi) is 6.45. The van der Waals surface area contributed by atoms with E-state index in [1.807, 2.05) is 24.3 Å². The van der Waals surface area contributed by atoms with Crippen molar-refractivity contribution in [2.45, 2.75) is 39.2 Å². The number of benzene rings is 2. The van der Waals surface area contributed by atoms with Crippen molar-refractivity contribution in [1.82, 2.24) is 4.98 Å². The third-order valence-electron chi connectivity index (χ3n) is 4.22. The second-order valence-corrected chi connectivity index (χ2v) is 9.96. The van der Waals surface area contributed by atoms with Crippen molar-refractivity contribution < 1.29 is 5.11 Å². The molecule has 3 aromatic rings. The Labute approximate surface area is 184 Å². The van der Waals surface area contributed by atoms with Gasteiger partial charge in [-0.1, -0.05) is 67.7 Å². The number of rotatable bonds is 5. The zero-order valence-electron chi connectivity index (χ0n) is 15.8. The van der Waals surface area contributed by atoms with Gasteiger partial charge >= 0.3 is 0 Å². The lowest BCUT2D eigenvalue weighted by atomic mass is 9.90. The molecule has 1 heterocycles. The van der Waals surface area contributed by atoms with E-state index in [1.165, 1.54) is 16.5 Å². The molecule has 3 nitrogen and oxygen atoms in total. The zero-order valence-corrected chi connectivity index (χ0v) is 18.9. The largest absolute Gasteiger partial charge is 0.506 e. The number of aromatic nitrogens is 1. The van der Waals surface area contributed by atoms with E-state index in [-0.39, 0.29) is 16.2 Å². The summed E-state index contributed by atoms with van der Waals surface area (Å²) >= 11 is 19.7. The van der Waals surface area contributed by atoms with Crippen LogP contribution >= 0.6 is 46.1 Å². The standard InChI is InChI=1S/C21H21Cl3N2OS/c1-21(2,3)19-17(8-12-4-6-14(22)7-5-12)28-20(26-19)25-11-13-9-15(23)10-16(24)18(13)27/h4-7,9-10,27H,8,11H2,1-3H3,(H,25,26). The first kappa shape index (κ1) is 21.3. The number of hydrogen-bond donors (Lipinski definition) is 2. The summed E-state index contributed by atoms with van der Waals surface area (Å²) in [4.78, 5) is 6.02. The van der Waals surface area contributed by atoms with Gasteiger partial charge in [-0.25, -0.2) is 4.98 Å². The summed E-state index contributed by atoms with van der Waals surface area (Å²) in [6, 6.07) is 11.1. The highest BCUT2D eigenvalue weighted by Gasteiger charge is 2.23. The van der Waals surface area contributed by atoms with E-state index in [4.69, 9.17) is 39.8 Å². The van der Waals surface area contributed by atoms with E-state index in [0.29, 0.717) is 17.1 Å². The second-order valence-electron chi connectivity index (χ2n) is 7.59. The van der Waals surface area contributed by atoms with Crippen LogP contribution in [0.2, 0.25) is 15.1 Å². The summed E-state index contributed by atoms with van der Waals surface area (Å²) < 4.78 is 0. The Bertz CT molecular complexity index is 979. The number of phenolic OH excluding ortho intramolecular Hbond substituents is 1. The maximum absolute atomic E-state index is 10.1. The van der Waals surface area contributed by atoms with Crippen LogP contribution in [0.3, 0.4) is 0 Å². The lowest BCUT2D eigenvalue weighted by Crippen LogP contribution is -2.14. The predicted octanol–water partition coefficient (Wildman–Crippen LogP) is 7.31. The van der Waals surface area contributed by atoms with Crippen molar-refractivity contribution in [1.29, 1.82) is 0 Å². The van der Waals surface area contributed by atoms with Crippen LogP contribution in [0.5, 0.6) is 5.75 Å². The number of hydrogen-bond acceptors (Lipinski definition) is 4. The van der Waals surface area contributed by atoms with Crippen LogP contribution in [0.15, 0.2) is 36.4 Å². The molecule has 2 aromatic carbocycles. The molecule has 0 radical (unpaired) electrons. The topological polar surface area (TPSA) is 45.2 Å². The fourth-order valence-electron chi connectivity index (χ4n) is 2.85. The third kappa shape index (κ3) is 5.12. The van der Waals surface area contributed by atoms with Crippen LogP contribution in [0.4, 0.5) is 5.13 Å². The van der Waals surface area contributed by atoms with E-state index in [0.717, 1.165) is 22.3 Å². The van der Waals surface area contributed by atoms with Gasteiger partial charge < -0.3 is 10.4 Å². The molecule has 0 fully saturated rings. The van der Waals surface area contributed by atoms with Crippen LogP contribution in [-0.4, -0.2) is 10.1 Å². The van der Waals surface area contributed by atoms with Gasteiger partial charge in [-0.2, -0.15) is 0 Å². The van der Waals surface area contributed by atoms with Gasteiger partial charge in [0.2, 0.25) is 0 Å². The van der Waals surface area contributed by atoms with Crippen molar-refractivity contribution >= 4 is 51.3 Å². The summed E-state index contributed by atoms with van der Waals surface area (Å²) in [6.45, 7) is 6.84. The first-order valence-corrected chi connectivity index (χ1v) is 10.7. The fourth-order valence-corrected chi connectivity index (χ4v) is 4.71. The van der Waals surface area contributed by atoms with Crippen LogP contribution in [-0.2, 0) is 18.4 Å². The lowest BCUT2D eigenvalue weighted by molar-refractivity contribution is 0.469. The average molecular weight is 456 g/mol. The molecule has 0 aliphatic heterocycles. The summed E-state index contributed by atoms with van der Waals surface area (Å²) in [5.41, 5.74) is 2.79. The van der Waals surface area contributed by atoms with Gasteiger partial charge in [0, 0.05) is 38.9 Å². The highest BCUT2D eigenvalue weighted by Crippen LogP contribution is 2.35. The molecule has 148 valence electrons. The van der Waals surface area contributed by atoms with E-state index in [1.54, 1.807) is 17.4 Å². The van der Waals surface area contributed by atoms with Gasteiger partial charge in [0.25, 0.3) is 0 Å². The van der Waals surface area contributed by atoms with Gasteiger partial charge in [-0.3, -0.25) is 0 Å². The van der Waals surface area contributed by atoms with Crippen LogP contribution in [0.1, 0.15) is 42.5 Å². The lowest BCUT2D eigenvalue weighted by Gasteiger charge is -2.17. The van der Waals surface area contributed by atoms with Gasteiger partial charge in [-0.15, -0.1) is 11.3 Å². The summed E-state index contributed by atoms with van der Waals surface area (Å²) in [5.74, 6) is 0.0348. The SMILES string of the molecule is CC(C)(C)c1nc(NCc2cc(Cl)cc(Cl)c2O)sc1Cc1ccc(Cl)cc1. The number of phenols is 1. The smallest absolute Gasteiger partial charge is 0.183 e. The minimum atomic E-state index is -0.0836. The molecule has 0 unspecified atom stereocenters. The minimum Gasteiger partial charge on any atom is -0.506 e. The molecular formula is C21H21Cl3N2OS. The van der Waals surface area contributed by atoms with Gasteiger partial charge in [0.1, 0.15) is 5.75 Å². The maximum atomic E-state index is 10.1. The van der Waals surface area contributed by atoms with Gasteiger partial charge in [-0.05, 0) is 29.8 Å². The van der Waals surface area contributed by atoms with Crippen molar-refractivity contribution in [2.75, 3.05) is 5.32 Å². The number of thiazole rings is 1. The number of nitrogens with zero attached hydrogens (tertiary/aromatic N) is 1. The molecule has 0 aliphatic carbocycles. The van der Waals surface area contributed by atoms with Gasteiger partial charge in [0.05, 0.1) is 10.7 Å². The molecule has 0 spiro atoms. The van der Waals surface area contributed by atoms with E-state index < -0.39 is 0 Å². The molecule has 3 rings (SSSR count). The second kappa shape index (κ2) is 8.50. The van der Waals surface area contributed by atoms with Crippen LogP contribution in [0, 0.1) is 0 Å². The summed E-state index contributed by atoms with van der Waals surface area (Å²) in [6.07, 6.45) is 0.789. The van der Waals surface area contributed by atoms with Crippen molar-refractivity contribution in [2.24, 2.45) is 0 Å². The number of nitrogens with one attached hydrogen (secondary N) is 1. The highest BCUT2D eigenvalue weighted by molar-refractivity contribution is 7.15. The molecule has 0 saturated carbocycles. The van der Waals surface area contributed by atoms with Crippen molar-refractivity contribution in [3.05, 3.63) is 73.2 Å². The number of halogens is 3. The monoisotopic (exact) mass is 454 g/mol. The number of anilines is 1. The summed E-state index contributed by atoms with van der Waals surface area (Å²) in [7, 11) is 0. The molecule has 7 heteroatoms. The quantitative estimate of drug-likeness (QED) is 0.424. The molecular weight excluding hydrogens is 435 g/mol. The Morgan fingerprint density at radius 1 is 1.04 bits per heavy atom. The van der Waals surface area contributed by atoms with Crippen molar-refractivity contribution in [3.63, 3.8) is 0 Å². The zero-order chi connectivity index (χ0) is 20.5. The van der Waals surface area contributed by atoms with Crippen molar-refractivity contribution in [3.8, 4) is 5.75 Å². The molecule has 0 saturated heterocycles. The average Bonchev–Trinajstić information content (AvgIpc) is 3.02. The Morgan fingerprint density at radius 2 is 1.71 bits per heavy atom. The van der Waals surface area contributed by atoms with E-state index in [2.05, 4.69) is 26.1 Å². The fraction of sp³-hybridized carbons (Fsp3) is 0.286. The summed E-state index contributed by atoms with van der Waals surface area (Å²) in [5, 5.41) is 15.7. The molecule has 0 atom stereocenters. The van der Waals surface area contributed by atoms with Crippen LogP contribution in [0.25, 0.3) is 0 Å². The first-order valence-electron chi connectivity index (χ1n) is 8.79. The number of aromatic hydroxyl groups is 1. The normalized spacial score (nSPS) is 11.6.